The Balaban J connectivity index is 1.84. The minimum Gasteiger partial charge on any atom is -0.396 e. The quantitative estimate of drug-likeness (QED) is 0.884. The Morgan fingerprint density at radius 2 is 2.22 bits per heavy atom. The van der Waals surface area contributed by atoms with Gasteiger partial charge in [-0.15, -0.1) is 0 Å². The summed E-state index contributed by atoms with van der Waals surface area (Å²) in [5, 5.41) is 9.98. The predicted octanol–water partition coefficient (Wildman–Crippen LogP) is 3.82. The average molecular weight is 269 g/mol. The van der Waals surface area contributed by atoms with Gasteiger partial charge in [0.15, 0.2) is 0 Å². The van der Waals surface area contributed by atoms with Crippen LogP contribution in [0.1, 0.15) is 31.2 Å². The number of fused-ring (bicyclic) bond motifs is 2. The van der Waals surface area contributed by atoms with Crippen LogP contribution in [0.25, 0.3) is 0 Å². The molecule has 0 radical (unpaired) electrons. The van der Waals surface area contributed by atoms with Crippen LogP contribution < -0.4 is 0 Å². The van der Waals surface area contributed by atoms with Crippen LogP contribution in [0.15, 0.2) is 18.2 Å². The van der Waals surface area contributed by atoms with E-state index in [9.17, 15) is 9.50 Å². The van der Waals surface area contributed by atoms with Gasteiger partial charge in [0.1, 0.15) is 5.82 Å². The van der Waals surface area contributed by atoms with Crippen LogP contribution in [0.5, 0.6) is 0 Å². The Labute approximate surface area is 112 Å². The third-order valence-electron chi connectivity index (χ3n) is 4.96. The fraction of sp³-hybridized carbons (Fsp3) is 0.600. The molecule has 1 aromatic carbocycles. The van der Waals surface area contributed by atoms with Crippen LogP contribution in [-0.2, 0) is 6.42 Å². The molecule has 2 aliphatic carbocycles. The van der Waals surface area contributed by atoms with E-state index in [1.807, 2.05) is 6.07 Å². The molecule has 2 bridgehead atoms. The minimum atomic E-state index is -0.356. The lowest BCUT2D eigenvalue weighted by atomic mass is 9.70. The maximum absolute atomic E-state index is 13.5. The summed E-state index contributed by atoms with van der Waals surface area (Å²) < 4.78 is 13.5. The zero-order valence-corrected chi connectivity index (χ0v) is 11.1. The summed E-state index contributed by atoms with van der Waals surface area (Å²) in [5.41, 5.74) is 0.946. The van der Waals surface area contributed by atoms with Crippen molar-refractivity contribution in [3.63, 3.8) is 0 Å². The van der Waals surface area contributed by atoms with Gasteiger partial charge in [0.25, 0.3) is 0 Å². The lowest BCUT2D eigenvalue weighted by Crippen LogP contribution is -2.34. The Morgan fingerprint density at radius 1 is 1.39 bits per heavy atom. The first-order valence-electron chi connectivity index (χ1n) is 6.68. The fourth-order valence-corrected chi connectivity index (χ4v) is 4.20. The topological polar surface area (TPSA) is 20.2 Å². The Hall–Kier alpha value is -0.600. The van der Waals surface area contributed by atoms with Crippen LogP contribution in [0.2, 0.25) is 5.02 Å². The second-order valence-electron chi connectivity index (χ2n) is 6.03. The van der Waals surface area contributed by atoms with Crippen LogP contribution in [-0.4, -0.2) is 11.7 Å². The van der Waals surface area contributed by atoms with Crippen LogP contribution in [0, 0.1) is 23.1 Å². The molecular weight excluding hydrogens is 251 g/mol. The van der Waals surface area contributed by atoms with Crippen LogP contribution in [0.3, 0.4) is 0 Å². The molecule has 3 atom stereocenters. The third kappa shape index (κ3) is 1.96. The smallest absolute Gasteiger partial charge is 0.142 e. The van der Waals surface area contributed by atoms with Gasteiger partial charge >= 0.3 is 0 Å². The highest BCUT2D eigenvalue weighted by Gasteiger charge is 2.50. The molecule has 0 saturated heterocycles. The number of aliphatic hydroxyl groups is 1. The van der Waals surface area contributed by atoms with Gasteiger partial charge in [-0.05, 0) is 55.2 Å². The van der Waals surface area contributed by atoms with Crippen molar-refractivity contribution >= 4 is 11.6 Å². The summed E-state index contributed by atoms with van der Waals surface area (Å²) in [6, 6.07) is 5.02. The molecule has 0 spiro atoms. The summed E-state index contributed by atoms with van der Waals surface area (Å²) in [4.78, 5) is 0. The molecule has 18 heavy (non-hydrogen) atoms. The standard InChI is InChI=1S/C15H18ClFO/c16-13-4-2-11(6-14(13)17)8-15(9-18)7-10-1-3-12(15)5-10/h2,4,6,10,12,18H,1,3,5,7-9H2. The highest BCUT2D eigenvalue weighted by Crippen LogP contribution is 2.57. The van der Waals surface area contributed by atoms with E-state index in [1.54, 1.807) is 6.07 Å². The van der Waals surface area contributed by atoms with Gasteiger partial charge < -0.3 is 5.11 Å². The number of halogens is 2. The molecule has 3 heteroatoms. The highest BCUT2D eigenvalue weighted by molar-refractivity contribution is 6.30. The maximum atomic E-state index is 13.5. The fourth-order valence-electron chi connectivity index (χ4n) is 4.08. The molecule has 3 unspecified atom stereocenters. The van der Waals surface area contributed by atoms with Gasteiger partial charge in [-0.2, -0.15) is 0 Å². The molecule has 1 aromatic rings. The summed E-state index contributed by atoms with van der Waals surface area (Å²) in [6.07, 6.45) is 5.65. The number of benzene rings is 1. The highest BCUT2D eigenvalue weighted by atomic mass is 35.5. The molecule has 0 aromatic heterocycles. The zero-order valence-electron chi connectivity index (χ0n) is 10.3. The Bertz CT molecular complexity index is 462. The first-order chi connectivity index (χ1) is 8.63. The normalized spacial score (nSPS) is 34.2. The summed E-state index contributed by atoms with van der Waals surface area (Å²) in [5.74, 6) is 1.04. The van der Waals surface area contributed by atoms with Crippen molar-refractivity contribution in [3.8, 4) is 0 Å². The van der Waals surface area contributed by atoms with Gasteiger partial charge in [0.2, 0.25) is 0 Å². The van der Waals surface area contributed by atoms with Gasteiger partial charge in [0.05, 0.1) is 5.02 Å². The van der Waals surface area contributed by atoms with Gasteiger partial charge in [0, 0.05) is 12.0 Å². The van der Waals surface area contributed by atoms with Gasteiger partial charge in [-0.25, -0.2) is 4.39 Å². The van der Waals surface area contributed by atoms with Crippen molar-refractivity contribution in [1.82, 2.24) is 0 Å². The molecule has 2 fully saturated rings. The van der Waals surface area contributed by atoms with E-state index in [1.165, 1.54) is 25.3 Å². The maximum Gasteiger partial charge on any atom is 0.142 e. The third-order valence-corrected chi connectivity index (χ3v) is 5.26. The van der Waals surface area contributed by atoms with Gasteiger partial charge in [-0.3, -0.25) is 0 Å². The largest absolute Gasteiger partial charge is 0.396 e. The van der Waals surface area contributed by atoms with Crippen molar-refractivity contribution in [3.05, 3.63) is 34.6 Å². The van der Waals surface area contributed by atoms with E-state index < -0.39 is 0 Å². The molecule has 2 aliphatic rings. The first-order valence-corrected chi connectivity index (χ1v) is 7.05. The van der Waals surface area contributed by atoms with Crippen molar-refractivity contribution in [1.29, 1.82) is 0 Å². The Kier molecular flexibility index (Phi) is 3.11. The summed E-state index contributed by atoms with van der Waals surface area (Å²) in [6.45, 7) is 0.221. The molecular formula is C15H18ClFO. The van der Waals surface area contributed by atoms with E-state index in [0.29, 0.717) is 5.92 Å². The molecule has 0 amide bonds. The van der Waals surface area contributed by atoms with E-state index >= 15 is 0 Å². The first kappa shape index (κ1) is 12.4. The van der Waals surface area contributed by atoms with E-state index in [4.69, 9.17) is 11.6 Å². The van der Waals surface area contributed by atoms with E-state index in [0.717, 1.165) is 24.3 Å². The zero-order chi connectivity index (χ0) is 12.8. The van der Waals surface area contributed by atoms with Crippen molar-refractivity contribution < 1.29 is 9.50 Å². The molecule has 3 rings (SSSR count). The average Bonchev–Trinajstić information content (AvgIpc) is 2.94. The number of hydrogen-bond acceptors (Lipinski definition) is 1. The minimum absolute atomic E-state index is 0.0107. The summed E-state index contributed by atoms with van der Waals surface area (Å²) in [7, 11) is 0. The molecule has 1 nitrogen and oxygen atoms in total. The second-order valence-corrected chi connectivity index (χ2v) is 6.43. The van der Waals surface area contributed by atoms with Crippen LogP contribution in [0.4, 0.5) is 4.39 Å². The SMILES string of the molecule is OCC1(Cc2ccc(Cl)c(F)c2)CC2CCC1C2. The Morgan fingerprint density at radius 3 is 2.78 bits per heavy atom. The monoisotopic (exact) mass is 268 g/mol. The molecule has 0 heterocycles. The number of rotatable bonds is 3. The van der Waals surface area contributed by atoms with Gasteiger partial charge in [-0.1, -0.05) is 24.1 Å². The lowest BCUT2D eigenvalue weighted by molar-refractivity contribution is 0.0651. The molecule has 98 valence electrons. The van der Waals surface area contributed by atoms with Crippen molar-refractivity contribution in [2.24, 2.45) is 17.3 Å². The summed E-state index contributed by atoms with van der Waals surface area (Å²) >= 11 is 5.70. The van der Waals surface area contributed by atoms with Crippen LogP contribution >= 0.6 is 11.6 Å². The van der Waals surface area contributed by atoms with Crippen molar-refractivity contribution in [2.45, 2.75) is 32.1 Å². The van der Waals surface area contributed by atoms with E-state index in [2.05, 4.69) is 0 Å². The molecule has 2 saturated carbocycles. The number of aliphatic hydroxyl groups excluding tert-OH is 1. The second kappa shape index (κ2) is 4.50. The predicted molar refractivity (Wildman–Crippen MR) is 70.1 cm³/mol. The number of hydrogen-bond donors (Lipinski definition) is 1. The lowest BCUT2D eigenvalue weighted by Gasteiger charge is -2.36. The molecule has 1 N–H and O–H groups in total. The molecule has 0 aliphatic heterocycles. The van der Waals surface area contributed by atoms with E-state index in [-0.39, 0.29) is 22.9 Å². The van der Waals surface area contributed by atoms with Crippen molar-refractivity contribution in [2.75, 3.05) is 6.61 Å².